The van der Waals surface area contributed by atoms with Crippen molar-refractivity contribution in [2.45, 2.75) is 18.9 Å². The van der Waals surface area contributed by atoms with Crippen LogP contribution in [0.5, 0.6) is 0 Å². The van der Waals surface area contributed by atoms with Crippen LogP contribution >= 0.6 is 0 Å². The van der Waals surface area contributed by atoms with E-state index >= 15 is 0 Å². The molecule has 1 aliphatic rings. The molecule has 1 aliphatic heterocycles. The summed E-state index contributed by atoms with van der Waals surface area (Å²) in [6, 6.07) is 0. The fourth-order valence-electron chi connectivity index (χ4n) is 1.54. The zero-order valence-electron chi connectivity index (χ0n) is 8.14. The number of rotatable bonds is 2. The lowest BCUT2D eigenvalue weighted by Crippen LogP contribution is -2.16. The molecule has 0 saturated carbocycles. The van der Waals surface area contributed by atoms with Crippen molar-refractivity contribution in [2.24, 2.45) is 5.73 Å². The normalized spacial score (nSPS) is 20.4. The van der Waals surface area contributed by atoms with Crippen LogP contribution in [0.15, 0.2) is 6.20 Å². The van der Waals surface area contributed by atoms with Gasteiger partial charge in [0.2, 0.25) is 0 Å². The van der Waals surface area contributed by atoms with Crippen molar-refractivity contribution in [1.29, 1.82) is 0 Å². The Bertz CT molecular complexity index is 388. The smallest absolute Gasteiger partial charge is 0.254 e. The quantitative estimate of drug-likeness (QED) is 0.712. The van der Waals surface area contributed by atoms with E-state index in [0.29, 0.717) is 12.4 Å². The summed E-state index contributed by atoms with van der Waals surface area (Å²) in [5.41, 5.74) is 10.8. The van der Waals surface area contributed by atoms with Gasteiger partial charge in [-0.2, -0.15) is 0 Å². The molecule has 1 fully saturated rings. The first-order valence-electron chi connectivity index (χ1n) is 4.72. The van der Waals surface area contributed by atoms with E-state index in [1.165, 1.54) is 6.20 Å². The molecule has 0 spiro atoms. The monoisotopic (exact) mass is 208 g/mol. The fourth-order valence-corrected chi connectivity index (χ4v) is 1.54. The van der Waals surface area contributed by atoms with Gasteiger partial charge in [0.25, 0.3) is 5.91 Å². The molecular formula is C9H12N4O2. The van der Waals surface area contributed by atoms with Gasteiger partial charge in [0.1, 0.15) is 11.9 Å². The Morgan fingerprint density at radius 3 is 2.93 bits per heavy atom. The topological polar surface area (TPSA) is 104 Å². The van der Waals surface area contributed by atoms with E-state index in [2.05, 4.69) is 9.97 Å². The van der Waals surface area contributed by atoms with Crippen LogP contribution in [0.1, 0.15) is 35.1 Å². The zero-order chi connectivity index (χ0) is 10.8. The Labute approximate surface area is 86.6 Å². The third-order valence-corrected chi connectivity index (χ3v) is 2.32. The minimum atomic E-state index is -0.619. The number of carbonyl (C=O) groups is 1. The maximum atomic E-state index is 10.9. The Morgan fingerprint density at radius 1 is 1.60 bits per heavy atom. The van der Waals surface area contributed by atoms with Crippen molar-refractivity contribution in [2.75, 3.05) is 12.3 Å². The molecule has 1 atom stereocenters. The van der Waals surface area contributed by atoms with Crippen LogP contribution in [-0.4, -0.2) is 22.5 Å². The van der Waals surface area contributed by atoms with Gasteiger partial charge in [-0.25, -0.2) is 9.97 Å². The average molecular weight is 208 g/mol. The highest BCUT2D eigenvalue weighted by molar-refractivity contribution is 5.96. The Kier molecular flexibility index (Phi) is 2.51. The molecule has 15 heavy (non-hydrogen) atoms. The van der Waals surface area contributed by atoms with Crippen molar-refractivity contribution in [3.63, 3.8) is 0 Å². The van der Waals surface area contributed by atoms with Crippen LogP contribution in [0.25, 0.3) is 0 Å². The van der Waals surface area contributed by atoms with E-state index < -0.39 is 5.91 Å². The van der Waals surface area contributed by atoms with Gasteiger partial charge in [-0.05, 0) is 12.8 Å². The average Bonchev–Trinajstić information content (AvgIpc) is 2.69. The number of nitrogens with two attached hydrogens (primary N) is 2. The maximum absolute atomic E-state index is 10.9. The first-order chi connectivity index (χ1) is 7.18. The zero-order valence-corrected chi connectivity index (χ0v) is 8.14. The molecule has 1 unspecified atom stereocenters. The summed E-state index contributed by atoms with van der Waals surface area (Å²) in [5.74, 6) is 0.0180. The number of hydrogen-bond donors (Lipinski definition) is 2. The summed E-state index contributed by atoms with van der Waals surface area (Å²) >= 11 is 0. The fraction of sp³-hybridized carbons (Fsp3) is 0.444. The Morgan fingerprint density at radius 2 is 2.40 bits per heavy atom. The van der Waals surface area contributed by atoms with Crippen LogP contribution < -0.4 is 11.5 Å². The van der Waals surface area contributed by atoms with E-state index in [4.69, 9.17) is 16.2 Å². The van der Waals surface area contributed by atoms with E-state index in [1.807, 2.05) is 0 Å². The molecule has 1 aromatic heterocycles. The number of carbonyl (C=O) groups excluding carboxylic acids is 1. The van der Waals surface area contributed by atoms with Crippen LogP contribution in [0.4, 0.5) is 5.82 Å². The number of ether oxygens (including phenoxy) is 1. The van der Waals surface area contributed by atoms with Gasteiger partial charge in [-0.3, -0.25) is 4.79 Å². The summed E-state index contributed by atoms with van der Waals surface area (Å²) in [5, 5.41) is 0. The van der Waals surface area contributed by atoms with E-state index in [0.717, 1.165) is 12.8 Å². The van der Waals surface area contributed by atoms with Crippen LogP contribution in [-0.2, 0) is 4.74 Å². The molecular weight excluding hydrogens is 196 g/mol. The van der Waals surface area contributed by atoms with Gasteiger partial charge in [-0.1, -0.05) is 0 Å². The number of primary amides is 1. The number of anilines is 1. The molecule has 0 aromatic carbocycles. The summed E-state index contributed by atoms with van der Waals surface area (Å²) in [6.07, 6.45) is 3.12. The summed E-state index contributed by atoms with van der Waals surface area (Å²) in [7, 11) is 0. The standard InChI is InChI=1S/C9H12N4O2/c10-7-5(8(11)14)4-12-9(13-7)6-2-1-3-15-6/h4,6H,1-3H2,(H2,11,14)(H2,10,12,13). The van der Waals surface area contributed by atoms with E-state index in [9.17, 15) is 4.79 Å². The summed E-state index contributed by atoms with van der Waals surface area (Å²) in [4.78, 5) is 18.9. The Balaban J connectivity index is 2.28. The second-order valence-corrected chi connectivity index (χ2v) is 3.39. The summed E-state index contributed by atoms with van der Waals surface area (Å²) in [6.45, 7) is 0.714. The molecule has 1 aromatic rings. The van der Waals surface area contributed by atoms with Gasteiger partial charge >= 0.3 is 0 Å². The lowest BCUT2D eigenvalue weighted by atomic mass is 10.2. The Hall–Kier alpha value is -1.69. The largest absolute Gasteiger partial charge is 0.383 e. The SMILES string of the molecule is NC(=O)c1cnc(C2CCCO2)nc1N. The lowest BCUT2D eigenvalue weighted by molar-refractivity contribution is 0.0994. The molecule has 1 amide bonds. The van der Waals surface area contributed by atoms with Gasteiger partial charge in [0.15, 0.2) is 5.82 Å². The third kappa shape index (κ3) is 1.89. The number of nitrogen functional groups attached to an aromatic ring is 1. The molecule has 2 rings (SSSR count). The second-order valence-electron chi connectivity index (χ2n) is 3.39. The maximum Gasteiger partial charge on any atom is 0.254 e. The van der Waals surface area contributed by atoms with Gasteiger partial charge in [-0.15, -0.1) is 0 Å². The first kappa shape index (κ1) is 9.85. The van der Waals surface area contributed by atoms with Crippen molar-refractivity contribution in [3.8, 4) is 0 Å². The predicted octanol–water partition coefficient (Wildman–Crippen LogP) is 0.00920. The minimum absolute atomic E-state index is 0.103. The second kappa shape index (κ2) is 3.82. The van der Waals surface area contributed by atoms with Crippen LogP contribution in [0, 0.1) is 0 Å². The van der Waals surface area contributed by atoms with Crippen molar-refractivity contribution in [1.82, 2.24) is 9.97 Å². The van der Waals surface area contributed by atoms with Gasteiger partial charge in [0.05, 0.1) is 5.56 Å². The number of aromatic nitrogens is 2. The third-order valence-electron chi connectivity index (χ3n) is 2.32. The molecule has 0 bridgehead atoms. The van der Waals surface area contributed by atoms with Crippen molar-refractivity contribution >= 4 is 11.7 Å². The molecule has 80 valence electrons. The number of amides is 1. The van der Waals surface area contributed by atoms with Crippen LogP contribution in [0.2, 0.25) is 0 Å². The van der Waals surface area contributed by atoms with E-state index in [1.54, 1.807) is 0 Å². The molecule has 0 radical (unpaired) electrons. The van der Waals surface area contributed by atoms with E-state index in [-0.39, 0.29) is 17.5 Å². The molecule has 2 heterocycles. The predicted molar refractivity (Wildman–Crippen MR) is 52.9 cm³/mol. The summed E-state index contributed by atoms with van der Waals surface area (Å²) < 4.78 is 5.40. The minimum Gasteiger partial charge on any atom is -0.383 e. The molecule has 6 nitrogen and oxygen atoms in total. The van der Waals surface area contributed by atoms with Crippen molar-refractivity contribution in [3.05, 3.63) is 17.6 Å². The molecule has 1 saturated heterocycles. The van der Waals surface area contributed by atoms with Gasteiger partial charge < -0.3 is 16.2 Å². The number of nitrogens with zero attached hydrogens (tertiary/aromatic N) is 2. The molecule has 4 N–H and O–H groups in total. The molecule has 6 heteroatoms. The first-order valence-corrected chi connectivity index (χ1v) is 4.72. The van der Waals surface area contributed by atoms with Crippen molar-refractivity contribution < 1.29 is 9.53 Å². The van der Waals surface area contributed by atoms with Gasteiger partial charge in [0, 0.05) is 12.8 Å². The lowest BCUT2D eigenvalue weighted by Gasteiger charge is -2.08. The molecule has 0 aliphatic carbocycles. The highest BCUT2D eigenvalue weighted by atomic mass is 16.5. The number of hydrogen-bond acceptors (Lipinski definition) is 5. The highest BCUT2D eigenvalue weighted by Gasteiger charge is 2.21. The van der Waals surface area contributed by atoms with Crippen LogP contribution in [0.3, 0.4) is 0 Å². The highest BCUT2D eigenvalue weighted by Crippen LogP contribution is 2.26.